The van der Waals surface area contributed by atoms with Crippen LogP contribution in [0.1, 0.15) is 43.0 Å². The summed E-state index contributed by atoms with van der Waals surface area (Å²) in [6.45, 7) is 12.9. The molecule has 1 fully saturated rings. The van der Waals surface area contributed by atoms with Crippen molar-refractivity contribution in [1.29, 1.82) is 0 Å². The van der Waals surface area contributed by atoms with E-state index in [0.717, 1.165) is 37.9 Å². The molecule has 0 aromatic carbocycles. The molecule has 0 unspecified atom stereocenters. The summed E-state index contributed by atoms with van der Waals surface area (Å²) < 4.78 is 0. The maximum absolute atomic E-state index is 4.80. The SMILES string of the molecule is CCCN1CCC(CN=C(NCC)NCCc2ncc(C)s2)CC1. The van der Waals surface area contributed by atoms with E-state index in [1.165, 1.54) is 48.8 Å². The number of rotatable bonds is 8. The first-order valence-electron chi connectivity index (χ1n) is 9.37. The predicted octanol–water partition coefficient (Wildman–Crippen LogP) is 2.67. The van der Waals surface area contributed by atoms with Crippen molar-refractivity contribution < 1.29 is 0 Å². The highest BCUT2D eigenvalue weighted by atomic mass is 32.1. The fraction of sp³-hybridized carbons (Fsp3) is 0.778. The van der Waals surface area contributed by atoms with Crippen molar-refractivity contribution in [3.8, 4) is 0 Å². The molecule has 1 aromatic heterocycles. The number of hydrogen-bond donors (Lipinski definition) is 2. The summed E-state index contributed by atoms with van der Waals surface area (Å²) >= 11 is 1.78. The van der Waals surface area contributed by atoms with E-state index in [1.54, 1.807) is 11.3 Å². The minimum Gasteiger partial charge on any atom is -0.357 e. The first-order valence-corrected chi connectivity index (χ1v) is 10.2. The molecule has 1 saturated heterocycles. The average molecular weight is 352 g/mol. The second-order valence-corrected chi connectivity index (χ2v) is 7.87. The number of guanidine groups is 1. The van der Waals surface area contributed by atoms with E-state index < -0.39 is 0 Å². The summed E-state index contributed by atoms with van der Waals surface area (Å²) in [5.74, 6) is 1.68. The van der Waals surface area contributed by atoms with Crippen molar-refractivity contribution in [1.82, 2.24) is 20.5 Å². The Hall–Kier alpha value is -1.14. The average Bonchev–Trinajstić information content (AvgIpc) is 2.99. The Morgan fingerprint density at radius 3 is 2.75 bits per heavy atom. The lowest BCUT2D eigenvalue weighted by atomic mass is 9.97. The number of piperidine rings is 1. The fourth-order valence-corrected chi connectivity index (χ4v) is 3.86. The normalized spacial score (nSPS) is 17.2. The van der Waals surface area contributed by atoms with Gasteiger partial charge < -0.3 is 15.5 Å². The third-order valence-corrected chi connectivity index (χ3v) is 5.37. The summed E-state index contributed by atoms with van der Waals surface area (Å²) in [4.78, 5) is 13.1. The third kappa shape index (κ3) is 6.77. The van der Waals surface area contributed by atoms with E-state index in [-0.39, 0.29) is 0 Å². The second-order valence-electron chi connectivity index (χ2n) is 6.55. The van der Waals surface area contributed by atoms with E-state index in [0.29, 0.717) is 0 Å². The van der Waals surface area contributed by atoms with Crippen molar-refractivity contribution in [2.45, 2.75) is 46.5 Å². The number of aromatic nitrogens is 1. The summed E-state index contributed by atoms with van der Waals surface area (Å²) in [6.07, 6.45) is 6.72. The van der Waals surface area contributed by atoms with Crippen molar-refractivity contribution in [3.05, 3.63) is 16.1 Å². The summed E-state index contributed by atoms with van der Waals surface area (Å²) in [5.41, 5.74) is 0. The van der Waals surface area contributed by atoms with Crippen LogP contribution in [0.5, 0.6) is 0 Å². The van der Waals surface area contributed by atoms with Gasteiger partial charge in [0.15, 0.2) is 5.96 Å². The van der Waals surface area contributed by atoms with E-state index in [9.17, 15) is 0 Å². The number of aryl methyl sites for hydroxylation is 1. The fourth-order valence-electron chi connectivity index (χ4n) is 3.08. The minimum absolute atomic E-state index is 0.732. The molecule has 2 rings (SSSR count). The predicted molar refractivity (Wildman–Crippen MR) is 104 cm³/mol. The molecule has 0 atom stereocenters. The Morgan fingerprint density at radius 2 is 2.12 bits per heavy atom. The van der Waals surface area contributed by atoms with Crippen molar-refractivity contribution >= 4 is 17.3 Å². The molecule has 5 nitrogen and oxygen atoms in total. The van der Waals surface area contributed by atoms with Gasteiger partial charge in [0.25, 0.3) is 0 Å². The largest absolute Gasteiger partial charge is 0.357 e. The Labute approximate surface area is 151 Å². The summed E-state index contributed by atoms with van der Waals surface area (Å²) in [6, 6.07) is 0. The van der Waals surface area contributed by atoms with Crippen LogP contribution in [0.4, 0.5) is 0 Å². The number of thiazole rings is 1. The minimum atomic E-state index is 0.732. The zero-order chi connectivity index (χ0) is 17.2. The van der Waals surface area contributed by atoms with Gasteiger partial charge in [0.05, 0.1) is 5.01 Å². The Balaban J connectivity index is 1.72. The highest BCUT2D eigenvalue weighted by molar-refractivity contribution is 7.11. The molecule has 0 bridgehead atoms. The van der Waals surface area contributed by atoms with Gasteiger partial charge >= 0.3 is 0 Å². The Bertz CT molecular complexity index is 491. The van der Waals surface area contributed by atoms with Gasteiger partial charge in [-0.25, -0.2) is 4.98 Å². The summed E-state index contributed by atoms with van der Waals surface area (Å²) in [7, 11) is 0. The third-order valence-electron chi connectivity index (χ3n) is 4.40. The zero-order valence-electron chi connectivity index (χ0n) is 15.5. The van der Waals surface area contributed by atoms with Crippen molar-refractivity contribution in [2.24, 2.45) is 10.9 Å². The molecule has 0 spiro atoms. The highest BCUT2D eigenvalue weighted by Crippen LogP contribution is 2.17. The van der Waals surface area contributed by atoms with E-state index >= 15 is 0 Å². The van der Waals surface area contributed by atoms with Gasteiger partial charge in [-0.05, 0) is 58.7 Å². The first-order chi connectivity index (χ1) is 11.7. The number of nitrogens with zero attached hydrogens (tertiary/aromatic N) is 3. The maximum atomic E-state index is 4.80. The van der Waals surface area contributed by atoms with Crippen LogP contribution in [0.15, 0.2) is 11.2 Å². The number of nitrogens with one attached hydrogen (secondary N) is 2. The van der Waals surface area contributed by atoms with Gasteiger partial charge in [-0.15, -0.1) is 11.3 Å². The summed E-state index contributed by atoms with van der Waals surface area (Å²) in [5, 5.41) is 7.99. The van der Waals surface area contributed by atoms with Gasteiger partial charge in [-0.2, -0.15) is 0 Å². The van der Waals surface area contributed by atoms with Crippen LogP contribution in [-0.4, -0.2) is 55.1 Å². The Morgan fingerprint density at radius 1 is 1.33 bits per heavy atom. The van der Waals surface area contributed by atoms with Crippen LogP contribution >= 0.6 is 11.3 Å². The molecule has 6 heteroatoms. The quantitative estimate of drug-likeness (QED) is 0.558. The molecule has 1 aliphatic heterocycles. The second kappa shape index (κ2) is 10.7. The zero-order valence-corrected chi connectivity index (χ0v) is 16.3. The van der Waals surface area contributed by atoms with E-state index in [2.05, 4.69) is 41.3 Å². The number of aliphatic imine (C=N–C) groups is 1. The van der Waals surface area contributed by atoms with Crippen molar-refractivity contribution in [2.75, 3.05) is 39.3 Å². The lowest BCUT2D eigenvalue weighted by Gasteiger charge is -2.31. The molecular formula is C18H33N5S. The van der Waals surface area contributed by atoms with Crippen LogP contribution in [0.25, 0.3) is 0 Å². The smallest absolute Gasteiger partial charge is 0.191 e. The van der Waals surface area contributed by atoms with E-state index in [1.807, 2.05) is 6.20 Å². The van der Waals surface area contributed by atoms with Gasteiger partial charge in [0.1, 0.15) is 0 Å². The molecule has 1 aromatic rings. The standard InChI is InChI=1S/C18H33N5S/c1-4-10-23-11-7-16(8-12-23)14-22-18(19-5-2)20-9-6-17-21-13-15(3)24-17/h13,16H,4-12,14H2,1-3H3,(H2,19,20,22). The van der Waals surface area contributed by atoms with Crippen molar-refractivity contribution in [3.63, 3.8) is 0 Å². The Kier molecular flexibility index (Phi) is 8.53. The van der Waals surface area contributed by atoms with Gasteiger partial charge in [-0.1, -0.05) is 6.92 Å². The highest BCUT2D eigenvalue weighted by Gasteiger charge is 2.18. The lowest BCUT2D eigenvalue weighted by molar-refractivity contribution is 0.188. The van der Waals surface area contributed by atoms with Gasteiger partial charge in [-0.3, -0.25) is 4.99 Å². The molecule has 0 saturated carbocycles. The molecule has 2 heterocycles. The molecule has 24 heavy (non-hydrogen) atoms. The number of hydrogen-bond acceptors (Lipinski definition) is 4. The number of likely N-dealkylation sites (tertiary alicyclic amines) is 1. The van der Waals surface area contributed by atoms with Crippen LogP contribution in [0.3, 0.4) is 0 Å². The molecule has 2 N–H and O–H groups in total. The lowest BCUT2D eigenvalue weighted by Crippen LogP contribution is -2.39. The monoisotopic (exact) mass is 351 g/mol. The van der Waals surface area contributed by atoms with Crippen LogP contribution in [-0.2, 0) is 6.42 Å². The van der Waals surface area contributed by atoms with Crippen LogP contribution in [0, 0.1) is 12.8 Å². The maximum Gasteiger partial charge on any atom is 0.191 e. The van der Waals surface area contributed by atoms with Crippen LogP contribution < -0.4 is 10.6 Å². The van der Waals surface area contributed by atoms with Gasteiger partial charge in [0, 0.05) is 37.1 Å². The first kappa shape index (κ1) is 19.2. The van der Waals surface area contributed by atoms with Gasteiger partial charge in [0.2, 0.25) is 0 Å². The molecular weight excluding hydrogens is 318 g/mol. The molecule has 0 aliphatic carbocycles. The topological polar surface area (TPSA) is 52.5 Å². The molecule has 0 amide bonds. The molecule has 0 radical (unpaired) electrons. The van der Waals surface area contributed by atoms with E-state index in [4.69, 9.17) is 4.99 Å². The van der Waals surface area contributed by atoms with Crippen LogP contribution in [0.2, 0.25) is 0 Å². The molecule has 136 valence electrons. The molecule has 1 aliphatic rings.